The Kier molecular flexibility index (Phi) is 5.43. The van der Waals surface area contributed by atoms with Gasteiger partial charge in [-0.2, -0.15) is 0 Å². The molecule has 1 unspecified atom stereocenters. The molecule has 0 saturated heterocycles. The minimum atomic E-state index is -4.12. The summed E-state index contributed by atoms with van der Waals surface area (Å²) in [7, 11) is -4.12. The minimum absolute atomic E-state index is 0.166. The van der Waals surface area contributed by atoms with Crippen LogP contribution in [0.1, 0.15) is 27.2 Å². The highest BCUT2D eigenvalue weighted by Gasteiger charge is 2.30. The van der Waals surface area contributed by atoms with Crippen LogP contribution in [0, 0.1) is 5.82 Å². The average molecular weight is 318 g/mol. The molecule has 0 aliphatic heterocycles. The summed E-state index contributed by atoms with van der Waals surface area (Å²) in [6, 6.07) is 3.29. The van der Waals surface area contributed by atoms with Crippen molar-refractivity contribution in [3.05, 3.63) is 24.0 Å². The fourth-order valence-corrected chi connectivity index (χ4v) is 3.13. The van der Waals surface area contributed by atoms with E-state index in [-0.39, 0.29) is 11.6 Å². The lowest BCUT2D eigenvalue weighted by Gasteiger charge is -2.26. The van der Waals surface area contributed by atoms with Crippen molar-refractivity contribution in [2.75, 3.05) is 11.9 Å². The molecule has 8 heteroatoms. The number of aliphatic hydroxyl groups is 1. The Balaban J connectivity index is 3.12. The smallest absolute Gasteiger partial charge is 0.244 e. The SMILES string of the molecule is CCC(C)(CO)NS(=O)(=O)c1ccc(NC(C)=O)cc1F. The summed E-state index contributed by atoms with van der Waals surface area (Å²) in [5, 5.41) is 11.6. The van der Waals surface area contributed by atoms with E-state index in [0.29, 0.717) is 6.42 Å². The van der Waals surface area contributed by atoms with Crippen molar-refractivity contribution in [3.63, 3.8) is 0 Å². The van der Waals surface area contributed by atoms with Gasteiger partial charge in [-0.25, -0.2) is 17.5 Å². The van der Waals surface area contributed by atoms with Crippen molar-refractivity contribution >= 4 is 21.6 Å². The molecule has 0 heterocycles. The van der Waals surface area contributed by atoms with E-state index in [1.54, 1.807) is 6.92 Å². The summed E-state index contributed by atoms with van der Waals surface area (Å²) in [5.74, 6) is -1.37. The third-order valence-corrected chi connectivity index (χ3v) is 4.72. The summed E-state index contributed by atoms with van der Waals surface area (Å²) >= 11 is 0. The van der Waals surface area contributed by atoms with Gasteiger partial charge in [-0.3, -0.25) is 4.79 Å². The fourth-order valence-electron chi connectivity index (χ4n) is 1.60. The Morgan fingerprint density at radius 1 is 1.43 bits per heavy atom. The number of hydrogen-bond donors (Lipinski definition) is 3. The summed E-state index contributed by atoms with van der Waals surface area (Å²) < 4.78 is 40.6. The summed E-state index contributed by atoms with van der Waals surface area (Å²) in [4.78, 5) is 10.3. The third-order valence-electron chi connectivity index (χ3n) is 3.05. The highest BCUT2D eigenvalue weighted by atomic mass is 32.2. The first kappa shape index (κ1) is 17.5. The van der Waals surface area contributed by atoms with Crippen LogP contribution < -0.4 is 10.0 Å². The Labute approximate surface area is 123 Å². The normalized spacial score (nSPS) is 14.5. The van der Waals surface area contributed by atoms with Crippen LogP contribution in [0.25, 0.3) is 0 Å². The Bertz CT molecular complexity index is 627. The van der Waals surface area contributed by atoms with E-state index in [4.69, 9.17) is 0 Å². The van der Waals surface area contributed by atoms with Gasteiger partial charge >= 0.3 is 0 Å². The second kappa shape index (κ2) is 6.50. The van der Waals surface area contributed by atoms with Gasteiger partial charge in [0.2, 0.25) is 15.9 Å². The number of amides is 1. The predicted octanol–water partition coefficient (Wildman–Crippen LogP) is 1.22. The first-order chi connectivity index (χ1) is 9.63. The van der Waals surface area contributed by atoms with Crippen molar-refractivity contribution in [2.45, 2.75) is 37.6 Å². The second-order valence-electron chi connectivity index (χ2n) is 5.00. The molecule has 0 spiro atoms. The lowest BCUT2D eigenvalue weighted by atomic mass is 10.0. The molecule has 1 amide bonds. The maximum absolute atomic E-state index is 13.9. The molecule has 0 aromatic heterocycles. The van der Waals surface area contributed by atoms with Gasteiger partial charge < -0.3 is 10.4 Å². The van der Waals surface area contributed by atoms with Crippen LogP contribution in [0.15, 0.2) is 23.1 Å². The van der Waals surface area contributed by atoms with E-state index in [1.165, 1.54) is 19.9 Å². The number of anilines is 1. The molecule has 6 nitrogen and oxygen atoms in total. The van der Waals surface area contributed by atoms with Gasteiger partial charge in [-0.1, -0.05) is 6.92 Å². The van der Waals surface area contributed by atoms with E-state index < -0.39 is 32.9 Å². The zero-order chi connectivity index (χ0) is 16.3. The van der Waals surface area contributed by atoms with Crippen molar-refractivity contribution in [1.82, 2.24) is 4.72 Å². The minimum Gasteiger partial charge on any atom is -0.394 e. The molecule has 0 radical (unpaired) electrons. The van der Waals surface area contributed by atoms with Crippen LogP contribution in [0.4, 0.5) is 10.1 Å². The zero-order valence-corrected chi connectivity index (χ0v) is 12.9. The molecule has 1 rings (SSSR count). The van der Waals surface area contributed by atoms with Crippen LogP contribution in [0.5, 0.6) is 0 Å². The molecule has 118 valence electrons. The summed E-state index contributed by atoms with van der Waals surface area (Å²) in [5.41, 5.74) is -0.902. The lowest BCUT2D eigenvalue weighted by Crippen LogP contribution is -2.48. The van der Waals surface area contributed by atoms with Gasteiger partial charge in [0.15, 0.2) is 0 Å². The van der Waals surface area contributed by atoms with Gasteiger partial charge in [0.05, 0.1) is 12.1 Å². The van der Waals surface area contributed by atoms with Gasteiger partial charge in [0.25, 0.3) is 0 Å². The van der Waals surface area contributed by atoms with Crippen LogP contribution >= 0.6 is 0 Å². The third kappa shape index (κ3) is 4.48. The number of rotatable bonds is 6. The monoisotopic (exact) mass is 318 g/mol. The number of nitrogens with one attached hydrogen (secondary N) is 2. The summed E-state index contributed by atoms with van der Waals surface area (Å²) in [6.45, 7) is 4.08. The van der Waals surface area contributed by atoms with Crippen molar-refractivity contribution in [1.29, 1.82) is 0 Å². The maximum atomic E-state index is 13.9. The molecule has 1 aromatic rings. The molecule has 1 aromatic carbocycles. The highest BCUT2D eigenvalue weighted by Crippen LogP contribution is 2.21. The predicted molar refractivity (Wildman–Crippen MR) is 76.8 cm³/mol. The van der Waals surface area contributed by atoms with Crippen LogP contribution in [-0.2, 0) is 14.8 Å². The number of aliphatic hydroxyl groups excluding tert-OH is 1. The zero-order valence-electron chi connectivity index (χ0n) is 12.1. The van der Waals surface area contributed by atoms with Crippen LogP contribution in [0.2, 0.25) is 0 Å². The number of sulfonamides is 1. The highest BCUT2D eigenvalue weighted by molar-refractivity contribution is 7.89. The van der Waals surface area contributed by atoms with Gasteiger partial charge in [0.1, 0.15) is 10.7 Å². The van der Waals surface area contributed by atoms with E-state index in [2.05, 4.69) is 10.0 Å². The summed E-state index contributed by atoms with van der Waals surface area (Å²) in [6.07, 6.45) is 0.342. The molecule has 3 N–H and O–H groups in total. The molecule has 1 atom stereocenters. The van der Waals surface area contributed by atoms with E-state index in [0.717, 1.165) is 12.1 Å². The largest absolute Gasteiger partial charge is 0.394 e. The van der Waals surface area contributed by atoms with Gasteiger partial charge in [0, 0.05) is 12.6 Å². The first-order valence-electron chi connectivity index (χ1n) is 6.35. The Hall–Kier alpha value is -1.51. The number of hydrogen-bond acceptors (Lipinski definition) is 4. The maximum Gasteiger partial charge on any atom is 0.244 e. The molecule has 0 fully saturated rings. The molecular formula is C13H19FN2O4S. The Morgan fingerprint density at radius 2 is 2.05 bits per heavy atom. The second-order valence-corrected chi connectivity index (χ2v) is 6.66. The number of carbonyl (C=O) groups excluding carboxylic acids is 1. The van der Waals surface area contributed by atoms with Crippen LogP contribution in [0.3, 0.4) is 0 Å². The molecular weight excluding hydrogens is 299 g/mol. The van der Waals surface area contributed by atoms with Gasteiger partial charge in [-0.05, 0) is 31.5 Å². The average Bonchev–Trinajstić information content (AvgIpc) is 2.37. The first-order valence-corrected chi connectivity index (χ1v) is 7.84. The van der Waals surface area contributed by atoms with E-state index >= 15 is 0 Å². The van der Waals surface area contributed by atoms with Crippen molar-refractivity contribution < 1.29 is 22.7 Å². The standard InChI is InChI=1S/C13H19FN2O4S/c1-4-13(3,8-17)16-21(19,20)12-6-5-10(7-11(12)14)15-9(2)18/h5-7,16-17H,4,8H2,1-3H3,(H,15,18). The number of benzene rings is 1. The van der Waals surface area contributed by atoms with E-state index in [9.17, 15) is 22.7 Å². The molecule has 21 heavy (non-hydrogen) atoms. The molecule has 0 bridgehead atoms. The Morgan fingerprint density at radius 3 is 2.48 bits per heavy atom. The molecule has 0 aliphatic rings. The van der Waals surface area contributed by atoms with Crippen molar-refractivity contribution in [2.24, 2.45) is 0 Å². The van der Waals surface area contributed by atoms with Crippen molar-refractivity contribution in [3.8, 4) is 0 Å². The molecule has 0 aliphatic carbocycles. The van der Waals surface area contributed by atoms with E-state index in [1.807, 2.05) is 0 Å². The molecule has 0 saturated carbocycles. The van der Waals surface area contributed by atoms with Crippen LogP contribution in [-0.4, -0.2) is 31.6 Å². The fraction of sp³-hybridized carbons (Fsp3) is 0.462. The lowest BCUT2D eigenvalue weighted by molar-refractivity contribution is -0.114. The number of carbonyl (C=O) groups is 1. The number of halogens is 1. The topological polar surface area (TPSA) is 95.5 Å². The quantitative estimate of drug-likeness (QED) is 0.735. The van der Waals surface area contributed by atoms with Gasteiger partial charge in [-0.15, -0.1) is 0 Å².